The van der Waals surface area contributed by atoms with Crippen LogP contribution >= 0.6 is 0 Å². The summed E-state index contributed by atoms with van der Waals surface area (Å²) in [7, 11) is -3.51. The van der Waals surface area contributed by atoms with Gasteiger partial charge in [-0.05, 0) is 32.4 Å². The van der Waals surface area contributed by atoms with Crippen LogP contribution in [0.25, 0.3) is 0 Å². The molecule has 0 saturated heterocycles. The monoisotopic (exact) mass is 258 g/mol. The van der Waals surface area contributed by atoms with Gasteiger partial charge in [0.05, 0.1) is 11.5 Å². The van der Waals surface area contributed by atoms with E-state index in [4.69, 9.17) is 5.90 Å². The first-order valence-electron chi connectivity index (χ1n) is 5.28. The van der Waals surface area contributed by atoms with Crippen molar-refractivity contribution in [2.75, 3.05) is 6.61 Å². The van der Waals surface area contributed by atoms with Gasteiger partial charge >= 0.3 is 0 Å². The molecule has 0 aliphatic rings. The lowest BCUT2D eigenvalue weighted by molar-refractivity contribution is 0.124. The van der Waals surface area contributed by atoms with E-state index in [1.54, 1.807) is 26.0 Å². The van der Waals surface area contributed by atoms with E-state index in [0.717, 1.165) is 11.1 Å². The Hall–Kier alpha value is -0.950. The fraction of sp³-hybridized carbons (Fsp3) is 0.455. The Morgan fingerprint density at radius 1 is 1.41 bits per heavy atom. The maximum Gasteiger partial charge on any atom is 0.241 e. The highest BCUT2D eigenvalue weighted by Crippen LogP contribution is 2.16. The van der Waals surface area contributed by atoms with Crippen molar-refractivity contribution in [3.63, 3.8) is 0 Å². The molecule has 0 aliphatic carbocycles. The minimum atomic E-state index is -3.51. The third kappa shape index (κ3) is 3.78. The predicted octanol–water partition coefficient (Wildman–Crippen LogP) is 0.861. The predicted molar refractivity (Wildman–Crippen MR) is 65.8 cm³/mol. The van der Waals surface area contributed by atoms with E-state index in [-0.39, 0.29) is 17.5 Å². The van der Waals surface area contributed by atoms with E-state index in [1.165, 1.54) is 0 Å². The Morgan fingerprint density at radius 3 is 2.59 bits per heavy atom. The molecule has 3 N–H and O–H groups in total. The summed E-state index contributed by atoms with van der Waals surface area (Å²) in [6.45, 7) is 5.51. The van der Waals surface area contributed by atoms with Gasteiger partial charge in [-0.15, -0.1) is 0 Å². The van der Waals surface area contributed by atoms with E-state index in [2.05, 4.69) is 9.56 Å². The van der Waals surface area contributed by atoms with Crippen molar-refractivity contribution in [3.8, 4) is 0 Å². The Kier molecular flexibility index (Phi) is 4.64. The van der Waals surface area contributed by atoms with Crippen LogP contribution < -0.4 is 10.6 Å². The summed E-state index contributed by atoms with van der Waals surface area (Å²) in [5.74, 6) is 4.90. The van der Waals surface area contributed by atoms with Gasteiger partial charge in [-0.2, -0.15) is 0 Å². The molecule has 0 aliphatic heterocycles. The summed E-state index contributed by atoms with van der Waals surface area (Å²) in [5, 5.41) is 0. The summed E-state index contributed by atoms with van der Waals surface area (Å²) >= 11 is 0. The molecule has 6 heteroatoms. The van der Waals surface area contributed by atoms with Crippen LogP contribution in [0.1, 0.15) is 18.1 Å². The van der Waals surface area contributed by atoms with Gasteiger partial charge in [0.1, 0.15) is 0 Å². The molecule has 0 saturated carbocycles. The molecule has 96 valence electrons. The van der Waals surface area contributed by atoms with Crippen LogP contribution in [-0.4, -0.2) is 21.1 Å². The minimum Gasteiger partial charge on any atom is -0.303 e. The highest BCUT2D eigenvalue weighted by Gasteiger charge is 2.19. The number of hydrogen-bond acceptors (Lipinski definition) is 4. The largest absolute Gasteiger partial charge is 0.303 e. The second-order valence-corrected chi connectivity index (χ2v) is 5.81. The zero-order valence-electron chi connectivity index (χ0n) is 10.2. The van der Waals surface area contributed by atoms with E-state index >= 15 is 0 Å². The first-order valence-corrected chi connectivity index (χ1v) is 6.76. The van der Waals surface area contributed by atoms with Gasteiger partial charge in [0.25, 0.3) is 0 Å². The third-order valence-electron chi connectivity index (χ3n) is 2.32. The fourth-order valence-electron chi connectivity index (χ4n) is 1.61. The number of hydrogen-bond donors (Lipinski definition) is 2. The highest BCUT2D eigenvalue weighted by molar-refractivity contribution is 7.89. The molecule has 1 aromatic carbocycles. The second kappa shape index (κ2) is 5.59. The molecule has 0 amide bonds. The van der Waals surface area contributed by atoms with Crippen molar-refractivity contribution in [3.05, 3.63) is 29.3 Å². The van der Waals surface area contributed by atoms with Gasteiger partial charge in [0.15, 0.2) is 0 Å². The smallest absolute Gasteiger partial charge is 0.241 e. The lowest BCUT2D eigenvalue weighted by Crippen LogP contribution is -2.36. The van der Waals surface area contributed by atoms with Gasteiger partial charge < -0.3 is 4.84 Å². The average molecular weight is 258 g/mol. The minimum absolute atomic E-state index is 0.129. The Labute approximate surface area is 102 Å². The van der Waals surface area contributed by atoms with E-state index in [0.29, 0.717) is 0 Å². The molecular weight excluding hydrogens is 240 g/mol. The second-order valence-electron chi connectivity index (χ2n) is 4.12. The fourth-order valence-corrected chi connectivity index (χ4v) is 3.06. The highest BCUT2D eigenvalue weighted by atomic mass is 32.2. The zero-order valence-corrected chi connectivity index (χ0v) is 11.0. The number of nitrogens with two attached hydrogens (primary N) is 1. The molecule has 17 heavy (non-hydrogen) atoms. The maximum atomic E-state index is 12.0. The van der Waals surface area contributed by atoms with Crippen molar-refractivity contribution in [2.45, 2.75) is 31.7 Å². The lowest BCUT2D eigenvalue weighted by Gasteiger charge is -2.14. The third-order valence-corrected chi connectivity index (χ3v) is 4.07. The number of sulfonamides is 1. The van der Waals surface area contributed by atoms with E-state index < -0.39 is 10.0 Å². The van der Waals surface area contributed by atoms with Crippen LogP contribution in [0, 0.1) is 13.8 Å². The zero-order chi connectivity index (χ0) is 13.1. The Balaban J connectivity index is 2.97. The van der Waals surface area contributed by atoms with Crippen molar-refractivity contribution >= 4 is 10.0 Å². The molecule has 5 nitrogen and oxygen atoms in total. The van der Waals surface area contributed by atoms with Gasteiger partial charge in [-0.25, -0.2) is 19.0 Å². The van der Waals surface area contributed by atoms with Crippen molar-refractivity contribution < 1.29 is 13.3 Å². The lowest BCUT2D eigenvalue weighted by atomic mass is 10.2. The van der Waals surface area contributed by atoms with Crippen molar-refractivity contribution in [1.82, 2.24) is 4.72 Å². The summed E-state index contributed by atoms with van der Waals surface area (Å²) < 4.78 is 26.6. The molecular formula is C11H18N2O3S. The molecule has 1 rings (SSSR count). The Morgan fingerprint density at radius 2 is 2.06 bits per heavy atom. The molecule has 0 fully saturated rings. The summed E-state index contributed by atoms with van der Waals surface area (Å²) in [6.07, 6.45) is 0. The molecule has 0 spiro atoms. The average Bonchev–Trinajstić information content (AvgIpc) is 2.15. The quantitative estimate of drug-likeness (QED) is 0.768. The molecule has 0 bridgehead atoms. The summed E-state index contributed by atoms with van der Waals surface area (Å²) in [4.78, 5) is 4.69. The summed E-state index contributed by atoms with van der Waals surface area (Å²) in [6, 6.07) is 4.83. The van der Waals surface area contributed by atoms with Crippen LogP contribution in [0.2, 0.25) is 0 Å². The van der Waals surface area contributed by atoms with Gasteiger partial charge in [-0.1, -0.05) is 17.7 Å². The number of aryl methyl sites for hydroxylation is 2. The van der Waals surface area contributed by atoms with E-state index in [9.17, 15) is 8.42 Å². The van der Waals surface area contributed by atoms with Crippen LogP contribution in [0.5, 0.6) is 0 Å². The van der Waals surface area contributed by atoms with Crippen LogP contribution in [0.15, 0.2) is 23.1 Å². The topological polar surface area (TPSA) is 81.4 Å². The molecule has 1 aromatic rings. The molecule has 0 aromatic heterocycles. The van der Waals surface area contributed by atoms with Crippen LogP contribution in [0.4, 0.5) is 0 Å². The van der Waals surface area contributed by atoms with Crippen LogP contribution in [-0.2, 0) is 14.9 Å². The van der Waals surface area contributed by atoms with Gasteiger partial charge in [0, 0.05) is 6.04 Å². The molecule has 0 heterocycles. The van der Waals surface area contributed by atoms with Crippen LogP contribution in [0.3, 0.4) is 0 Å². The molecule has 0 radical (unpaired) electrons. The summed E-state index contributed by atoms with van der Waals surface area (Å²) in [5.41, 5.74) is 1.75. The normalized spacial score (nSPS) is 13.6. The molecule has 1 unspecified atom stereocenters. The van der Waals surface area contributed by atoms with Crippen molar-refractivity contribution in [2.24, 2.45) is 5.90 Å². The number of benzene rings is 1. The van der Waals surface area contributed by atoms with Crippen molar-refractivity contribution in [1.29, 1.82) is 0 Å². The maximum absolute atomic E-state index is 12.0. The van der Waals surface area contributed by atoms with Gasteiger partial charge in [-0.3, -0.25) is 0 Å². The first-order chi connectivity index (χ1) is 7.86. The first kappa shape index (κ1) is 14.1. The Bertz CT molecular complexity index is 485. The van der Waals surface area contributed by atoms with E-state index in [1.807, 2.05) is 13.0 Å². The standard InChI is InChI=1S/C11H18N2O3S/c1-8-4-5-11(9(2)6-8)17(14,15)13-10(3)7-16-12/h4-6,10,13H,7,12H2,1-3H3. The van der Waals surface area contributed by atoms with Gasteiger partial charge in [0.2, 0.25) is 10.0 Å². The number of nitrogens with one attached hydrogen (secondary N) is 1. The molecule has 1 atom stereocenters. The SMILES string of the molecule is Cc1ccc(S(=O)(=O)NC(C)CON)c(C)c1. The number of rotatable bonds is 5.